The Morgan fingerprint density at radius 1 is 1.50 bits per heavy atom. The van der Waals surface area contributed by atoms with Gasteiger partial charge in [-0.15, -0.1) is 0 Å². The summed E-state index contributed by atoms with van der Waals surface area (Å²) < 4.78 is 10.3. The van der Waals surface area contributed by atoms with Crippen LogP contribution in [-0.2, 0) is 6.42 Å². The first kappa shape index (κ1) is 12.2. The Bertz CT molecular complexity index is 499. The molecular formula is C12H16N4O2. The lowest BCUT2D eigenvalue weighted by Gasteiger charge is -2.13. The fraction of sp³-hybridized carbons (Fsp3) is 0.333. The minimum atomic E-state index is 0.162. The summed E-state index contributed by atoms with van der Waals surface area (Å²) in [6.07, 6.45) is 2.42. The number of hydrogen-bond donors (Lipinski definition) is 2. The van der Waals surface area contributed by atoms with E-state index in [1.807, 2.05) is 19.1 Å². The van der Waals surface area contributed by atoms with Crippen molar-refractivity contribution in [2.75, 3.05) is 18.2 Å². The van der Waals surface area contributed by atoms with Gasteiger partial charge in [0.2, 0.25) is 11.8 Å². The fourth-order valence-electron chi connectivity index (χ4n) is 1.66. The molecule has 2 heterocycles. The maximum absolute atomic E-state index is 5.59. The molecule has 6 heteroatoms. The molecule has 2 aromatic rings. The summed E-state index contributed by atoms with van der Waals surface area (Å²) in [4.78, 5) is 8.02. The second-order valence-corrected chi connectivity index (χ2v) is 3.98. The quantitative estimate of drug-likeness (QED) is 0.837. The molecule has 0 aliphatic rings. The molecule has 96 valence electrons. The number of nitrogens with one attached hydrogen (secondary N) is 1. The van der Waals surface area contributed by atoms with Gasteiger partial charge in [0, 0.05) is 18.5 Å². The number of anilines is 2. The third-order valence-corrected chi connectivity index (χ3v) is 2.41. The van der Waals surface area contributed by atoms with Crippen molar-refractivity contribution in [2.24, 2.45) is 0 Å². The van der Waals surface area contributed by atoms with Gasteiger partial charge in [-0.2, -0.15) is 9.97 Å². The number of rotatable bonds is 5. The molecule has 0 amide bonds. The summed E-state index contributed by atoms with van der Waals surface area (Å²) in [6, 6.07) is 5.67. The molecule has 0 saturated heterocycles. The fourth-order valence-corrected chi connectivity index (χ4v) is 1.66. The van der Waals surface area contributed by atoms with Crippen LogP contribution in [-0.4, -0.2) is 23.1 Å². The number of nitrogen functional groups attached to an aromatic ring is 1. The Hall–Kier alpha value is -2.24. The minimum absolute atomic E-state index is 0.162. The smallest absolute Gasteiger partial charge is 0.225 e. The van der Waals surface area contributed by atoms with E-state index >= 15 is 0 Å². The molecule has 0 aliphatic heterocycles. The monoisotopic (exact) mass is 248 g/mol. The third-order valence-electron chi connectivity index (χ3n) is 2.41. The van der Waals surface area contributed by atoms with Crippen molar-refractivity contribution in [2.45, 2.75) is 19.4 Å². The number of aromatic nitrogens is 2. The molecule has 2 rings (SSSR count). The summed E-state index contributed by atoms with van der Waals surface area (Å²) >= 11 is 0. The van der Waals surface area contributed by atoms with Crippen LogP contribution >= 0.6 is 0 Å². The highest BCUT2D eigenvalue weighted by molar-refractivity contribution is 5.43. The molecular weight excluding hydrogens is 232 g/mol. The van der Waals surface area contributed by atoms with Gasteiger partial charge < -0.3 is 20.2 Å². The molecule has 0 aromatic carbocycles. The summed E-state index contributed by atoms with van der Waals surface area (Å²) in [6.45, 7) is 2.04. The number of furan rings is 1. The maximum atomic E-state index is 5.59. The highest BCUT2D eigenvalue weighted by Crippen LogP contribution is 2.16. The zero-order valence-corrected chi connectivity index (χ0v) is 10.4. The molecule has 18 heavy (non-hydrogen) atoms. The molecule has 0 spiro atoms. The van der Waals surface area contributed by atoms with Crippen LogP contribution < -0.4 is 15.8 Å². The van der Waals surface area contributed by atoms with Gasteiger partial charge in [-0.25, -0.2) is 0 Å². The van der Waals surface area contributed by atoms with Gasteiger partial charge in [0.15, 0.2) is 0 Å². The van der Waals surface area contributed by atoms with Gasteiger partial charge in [-0.3, -0.25) is 0 Å². The summed E-state index contributed by atoms with van der Waals surface area (Å²) in [5.74, 6) is 2.18. The molecule has 1 unspecified atom stereocenters. The molecule has 0 bridgehead atoms. The first-order valence-electron chi connectivity index (χ1n) is 5.65. The van der Waals surface area contributed by atoms with E-state index in [4.69, 9.17) is 14.9 Å². The van der Waals surface area contributed by atoms with Gasteiger partial charge in [-0.05, 0) is 19.1 Å². The molecule has 1 atom stereocenters. The number of methoxy groups -OCH3 is 1. The lowest BCUT2D eigenvalue weighted by molar-refractivity contribution is 0.398. The highest BCUT2D eigenvalue weighted by atomic mass is 16.5. The number of nitrogens with zero attached hydrogens (tertiary/aromatic N) is 2. The molecule has 3 N–H and O–H groups in total. The van der Waals surface area contributed by atoms with Crippen LogP contribution in [0, 0.1) is 0 Å². The van der Waals surface area contributed by atoms with E-state index in [0.717, 1.165) is 12.2 Å². The summed E-state index contributed by atoms with van der Waals surface area (Å²) in [7, 11) is 1.54. The molecule has 0 fully saturated rings. The average molecular weight is 248 g/mol. The Kier molecular flexibility index (Phi) is 3.66. The van der Waals surface area contributed by atoms with Gasteiger partial charge >= 0.3 is 0 Å². The normalized spacial score (nSPS) is 12.1. The van der Waals surface area contributed by atoms with Gasteiger partial charge in [0.1, 0.15) is 11.6 Å². The first-order valence-corrected chi connectivity index (χ1v) is 5.65. The summed E-state index contributed by atoms with van der Waals surface area (Å²) in [5, 5.41) is 3.22. The standard InChI is InChI=1S/C12H16N4O2/c1-8(6-9-4-3-5-18-9)14-10-7-11(17-2)16-12(13)15-10/h3-5,7-8H,6H2,1-2H3,(H3,13,14,15,16). The second-order valence-electron chi connectivity index (χ2n) is 3.98. The Balaban J connectivity index is 2.02. The molecule has 2 aromatic heterocycles. The van der Waals surface area contributed by atoms with Gasteiger partial charge in [0.25, 0.3) is 0 Å². The molecule has 0 radical (unpaired) electrons. The number of hydrogen-bond acceptors (Lipinski definition) is 6. The lowest BCUT2D eigenvalue weighted by Crippen LogP contribution is -2.19. The van der Waals surface area contributed by atoms with E-state index in [1.54, 1.807) is 12.3 Å². The Labute approximate surface area is 105 Å². The SMILES string of the molecule is COc1cc(NC(C)Cc2ccco2)nc(N)n1. The van der Waals surface area contributed by atoms with Crippen molar-refractivity contribution in [3.05, 3.63) is 30.2 Å². The van der Waals surface area contributed by atoms with E-state index in [1.165, 1.54) is 7.11 Å². The first-order chi connectivity index (χ1) is 8.67. The molecule has 6 nitrogen and oxygen atoms in total. The minimum Gasteiger partial charge on any atom is -0.481 e. The highest BCUT2D eigenvalue weighted by Gasteiger charge is 2.08. The molecule has 0 aliphatic carbocycles. The van der Waals surface area contributed by atoms with E-state index < -0.39 is 0 Å². The zero-order valence-electron chi connectivity index (χ0n) is 10.4. The van der Waals surface area contributed by atoms with Gasteiger partial charge in [0.05, 0.1) is 13.4 Å². The predicted octanol–water partition coefficient (Wildman–Crippen LogP) is 1.70. The average Bonchev–Trinajstić information content (AvgIpc) is 2.80. The van der Waals surface area contributed by atoms with E-state index in [-0.39, 0.29) is 12.0 Å². The maximum Gasteiger partial charge on any atom is 0.225 e. The summed E-state index contributed by atoms with van der Waals surface area (Å²) in [5.41, 5.74) is 5.59. The van der Waals surface area contributed by atoms with Crippen molar-refractivity contribution in [3.8, 4) is 5.88 Å². The van der Waals surface area contributed by atoms with Crippen LogP contribution in [0.25, 0.3) is 0 Å². The zero-order chi connectivity index (χ0) is 13.0. The van der Waals surface area contributed by atoms with E-state index in [0.29, 0.717) is 11.7 Å². The number of nitrogens with two attached hydrogens (primary N) is 1. The third kappa shape index (κ3) is 3.13. The number of ether oxygens (including phenoxy) is 1. The van der Waals surface area contributed by atoms with E-state index in [2.05, 4.69) is 15.3 Å². The van der Waals surface area contributed by atoms with Crippen LogP contribution in [0.2, 0.25) is 0 Å². The topological polar surface area (TPSA) is 86.2 Å². The molecule has 0 saturated carbocycles. The largest absolute Gasteiger partial charge is 0.481 e. The van der Waals surface area contributed by atoms with Crippen molar-refractivity contribution in [3.63, 3.8) is 0 Å². The van der Waals surface area contributed by atoms with Crippen molar-refractivity contribution < 1.29 is 9.15 Å². The van der Waals surface area contributed by atoms with Crippen LogP contribution in [0.4, 0.5) is 11.8 Å². The Morgan fingerprint density at radius 2 is 2.33 bits per heavy atom. The lowest BCUT2D eigenvalue weighted by atomic mass is 10.2. The van der Waals surface area contributed by atoms with E-state index in [9.17, 15) is 0 Å². The Morgan fingerprint density at radius 3 is 3.00 bits per heavy atom. The van der Waals surface area contributed by atoms with Crippen molar-refractivity contribution in [1.29, 1.82) is 0 Å². The van der Waals surface area contributed by atoms with Crippen molar-refractivity contribution >= 4 is 11.8 Å². The van der Waals surface area contributed by atoms with Crippen LogP contribution in [0.1, 0.15) is 12.7 Å². The van der Waals surface area contributed by atoms with Crippen LogP contribution in [0.5, 0.6) is 5.88 Å². The van der Waals surface area contributed by atoms with Gasteiger partial charge in [-0.1, -0.05) is 0 Å². The van der Waals surface area contributed by atoms with Crippen LogP contribution in [0.15, 0.2) is 28.9 Å². The van der Waals surface area contributed by atoms with Crippen molar-refractivity contribution in [1.82, 2.24) is 9.97 Å². The van der Waals surface area contributed by atoms with Crippen LogP contribution in [0.3, 0.4) is 0 Å². The predicted molar refractivity (Wildman–Crippen MR) is 68.5 cm³/mol. The second kappa shape index (κ2) is 5.39.